The van der Waals surface area contributed by atoms with Gasteiger partial charge in [-0.1, -0.05) is 0 Å². The van der Waals surface area contributed by atoms with Gasteiger partial charge < -0.3 is 25.2 Å². The number of aliphatic hydroxyl groups is 3. The lowest BCUT2D eigenvalue weighted by Crippen LogP contribution is -2.57. The first-order valence-electron chi connectivity index (χ1n) is 5.58. The molecule has 0 radical (unpaired) electrons. The summed E-state index contributed by atoms with van der Waals surface area (Å²) in [5.41, 5.74) is -0.559. The Morgan fingerprint density at radius 2 is 1.65 bits per heavy atom. The predicted molar refractivity (Wildman–Crippen MR) is 58.4 cm³/mol. The van der Waals surface area contributed by atoms with Crippen molar-refractivity contribution < 1.29 is 30.0 Å². The van der Waals surface area contributed by atoms with Gasteiger partial charge in [0.2, 0.25) is 0 Å². The van der Waals surface area contributed by atoms with Crippen LogP contribution in [0.2, 0.25) is 0 Å². The van der Waals surface area contributed by atoms with Gasteiger partial charge >= 0.3 is 5.97 Å². The number of aliphatic hydroxyl groups excluding tert-OH is 3. The minimum absolute atomic E-state index is 0.0218. The van der Waals surface area contributed by atoms with Crippen LogP contribution in [0.4, 0.5) is 0 Å². The van der Waals surface area contributed by atoms with Crippen LogP contribution in [0.3, 0.4) is 0 Å². The average Bonchev–Trinajstić information content (AvgIpc) is 2.16. The topological polar surface area (TPSA) is 107 Å². The molecule has 0 aromatic carbocycles. The van der Waals surface area contributed by atoms with Gasteiger partial charge in [0.15, 0.2) is 0 Å². The number of hydrogen-bond acceptors (Lipinski definition) is 5. The van der Waals surface area contributed by atoms with Crippen molar-refractivity contribution in [2.45, 2.75) is 57.2 Å². The van der Waals surface area contributed by atoms with Crippen LogP contribution in [0.5, 0.6) is 0 Å². The van der Waals surface area contributed by atoms with Crippen LogP contribution >= 0.6 is 0 Å². The van der Waals surface area contributed by atoms with Crippen molar-refractivity contribution in [1.82, 2.24) is 0 Å². The molecule has 0 aromatic heterocycles. The van der Waals surface area contributed by atoms with E-state index >= 15 is 0 Å². The zero-order valence-corrected chi connectivity index (χ0v) is 10.2. The van der Waals surface area contributed by atoms with Gasteiger partial charge in [0.25, 0.3) is 0 Å². The maximum absolute atomic E-state index is 10.9. The van der Waals surface area contributed by atoms with Crippen molar-refractivity contribution in [2.24, 2.45) is 5.92 Å². The Kier molecular flexibility index (Phi) is 4.14. The Hall–Kier alpha value is -0.690. The molecule has 17 heavy (non-hydrogen) atoms. The molecule has 100 valence electrons. The second-order valence-corrected chi connectivity index (χ2v) is 5.42. The summed E-state index contributed by atoms with van der Waals surface area (Å²) in [5.74, 6) is -2.33. The number of hydrogen-bond donors (Lipinski definition) is 4. The van der Waals surface area contributed by atoms with E-state index in [1.54, 1.807) is 20.8 Å². The molecule has 0 aliphatic heterocycles. The van der Waals surface area contributed by atoms with E-state index in [0.29, 0.717) is 0 Å². The monoisotopic (exact) mass is 248 g/mol. The van der Waals surface area contributed by atoms with Gasteiger partial charge in [-0.25, -0.2) is 0 Å². The van der Waals surface area contributed by atoms with E-state index in [0.717, 1.165) is 0 Å². The first-order chi connectivity index (χ1) is 7.63. The quantitative estimate of drug-likeness (QED) is 0.517. The molecule has 1 rings (SSSR count). The van der Waals surface area contributed by atoms with Gasteiger partial charge in [0.1, 0.15) is 12.2 Å². The summed E-state index contributed by atoms with van der Waals surface area (Å²) in [5, 5.41) is 37.8. The first-order valence-corrected chi connectivity index (χ1v) is 5.58. The van der Waals surface area contributed by atoms with Crippen molar-refractivity contribution in [2.75, 3.05) is 0 Å². The van der Waals surface area contributed by atoms with Gasteiger partial charge in [-0.05, 0) is 27.2 Å². The lowest BCUT2D eigenvalue weighted by Gasteiger charge is -2.41. The first kappa shape index (κ1) is 14.4. The van der Waals surface area contributed by atoms with Gasteiger partial charge in [0, 0.05) is 0 Å². The number of carboxylic acids is 1. The van der Waals surface area contributed by atoms with E-state index in [1.807, 2.05) is 0 Å². The van der Waals surface area contributed by atoms with E-state index in [9.17, 15) is 20.1 Å². The molecule has 1 fully saturated rings. The number of carboxylic acid groups (broad SMARTS) is 1. The third kappa shape index (κ3) is 3.38. The van der Waals surface area contributed by atoms with Crippen LogP contribution in [0.15, 0.2) is 0 Å². The Morgan fingerprint density at radius 3 is 2.06 bits per heavy atom. The third-order valence-corrected chi connectivity index (χ3v) is 2.80. The van der Waals surface area contributed by atoms with Crippen LogP contribution in [0.25, 0.3) is 0 Å². The minimum atomic E-state index is -1.50. The SMILES string of the molecule is CC(C)(C)O[C@@H]1C[C@H](C(=O)O)[C@@H](O)[C@H](O)[C@H]1O. The molecule has 0 spiro atoms. The number of aliphatic carboxylic acids is 1. The van der Waals surface area contributed by atoms with Gasteiger partial charge in [-0.2, -0.15) is 0 Å². The van der Waals surface area contributed by atoms with Crippen LogP contribution in [0.1, 0.15) is 27.2 Å². The molecule has 0 saturated heterocycles. The predicted octanol–water partition coefficient (Wildman–Crippen LogP) is -0.643. The highest BCUT2D eigenvalue weighted by Crippen LogP contribution is 2.30. The van der Waals surface area contributed by atoms with Crippen molar-refractivity contribution in [3.8, 4) is 0 Å². The van der Waals surface area contributed by atoms with E-state index in [4.69, 9.17) is 9.84 Å². The number of carbonyl (C=O) groups is 1. The molecule has 0 bridgehead atoms. The second kappa shape index (κ2) is 4.89. The fourth-order valence-electron chi connectivity index (χ4n) is 2.01. The highest BCUT2D eigenvalue weighted by atomic mass is 16.5. The van der Waals surface area contributed by atoms with Crippen LogP contribution in [-0.4, -0.2) is 56.4 Å². The lowest BCUT2D eigenvalue weighted by molar-refractivity contribution is -0.205. The molecule has 6 heteroatoms. The van der Waals surface area contributed by atoms with E-state index in [2.05, 4.69) is 0 Å². The maximum Gasteiger partial charge on any atom is 0.309 e. The molecule has 6 nitrogen and oxygen atoms in total. The largest absolute Gasteiger partial charge is 0.481 e. The molecule has 5 atom stereocenters. The smallest absolute Gasteiger partial charge is 0.309 e. The summed E-state index contributed by atoms with van der Waals surface area (Å²) in [6, 6.07) is 0. The molecule has 1 saturated carbocycles. The molecule has 0 aromatic rings. The zero-order chi connectivity index (χ0) is 13.4. The van der Waals surface area contributed by atoms with Crippen molar-refractivity contribution in [1.29, 1.82) is 0 Å². The Labute approximate surface area is 99.8 Å². The Balaban J connectivity index is 2.82. The van der Waals surface area contributed by atoms with Gasteiger partial charge in [-0.15, -0.1) is 0 Å². The van der Waals surface area contributed by atoms with Gasteiger partial charge in [0.05, 0.1) is 23.7 Å². The van der Waals surface area contributed by atoms with Crippen molar-refractivity contribution >= 4 is 5.97 Å². The van der Waals surface area contributed by atoms with E-state index in [1.165, 1.54) is 0 Å². The third-order valence-electron chi connectivity index (χ3n) is 2.80. The normalized spacial score (nSPS) is 39.1. The number of ether oxygens (including phenoxy) is 1. The molecule has 0 heterocycles. The van der Waals surface area contributed by atoms with E-state index in [-0.39, 0.29) is 6.42 Å². The fourth-order valence-corrected chi connectivity index (χ4v) is 2.01. The molecule has 0 unspecified atom stereocenters. The summed E-state index contributed by atoms with van der Waals surface area (Å²) >= 11 is 0. The van der Waals surface area contributed by atoms with Crippen LogP contribution in [0, 0.1) is 5.92 Å². The molecule has 0 amide bonds. The molecular weight excluding hydrogens is 228 g/mol. The minimum Gasteiger partial charge on any atom is -0.481 e. The molecule has 4 N–H and O–H groups in total. The molecule has 1 aliphatic rings. The van der Waals surface area contributed by atoms with Crippen LogP contribution in [-0.2, 0) is 9.53 Å². The Morgan fingerprint density at radius 1 is 1.12 bits per heavy atom. The zero-order valence-electron chi connectivity index (χ0n) is 10.2. The average molecular weight is 248 g/mol. The highest BCUT2D eigenvalue weighted by Gasteiger charge is 2.47. The standard InChI is InChI=1S/C11H20O6/c1-11(2,3)17-6-4-5(10(15)16)7(12)9(14)8(6)13/h5-9,12-14H,4H2,1-3H3,(H,15,16)/t5-,6+,7+,8-,9-/m0/s1. The highest BCUT2D eigenvalue weighted by molar-refractivity contribution is 5.71. The van der Waals surface area contributed by atoms with Crippen molar-refractivity contribution in [3.05, 3.63) is 0 Å². The summed E-state index contributed by atoms with van der Waals surface area (Å²) < 4.78 is 5.51. The van der Waals surface area contributed by atoms with Crippen LogP contribution < -0.4 is 0 Å². The van der Waals surface area contributed by atoms with Gasteiger partial charge in [-0.3, -0.25) is 4.79 Å². The Bertz CT molecular complexity index is 284. The van der Waals surface area contributed by atoms with Crippen molar-refractivity contribution in [3.63, 3.8) is 0 Å². The summed E-state index contributed by atoms with van der Waals surface area (Å²) in [6.45, 7) is 5.31. The lowest BCUT2D eigenvalue weighted by atomic mass is 9.80. The summed E-state index contributed by atoms with van der Waals surface area (Å²) in [6.07, 6.45) is -5.07. The molecule has 1 aliphatic carbocycles. The fraction of sp³-hybridized carbons (Fsp3) is 0.909. The maximum atomic E-state index is 10.9. The summed E-state index contributed by atoms with van der Waals surface area (Å²) in [7, 11) is 0. The summed E-state index contributed by atoms with van der Waals surface area (Å²) in [4.78, 5) is 10.9. The second-order valence-electron chi connectivity index (χ2n) is 5.42. The molecular formula is C11H20O6. The number of rotatable bonds is 2. The van der Waals surface area contributed by atoms with E-state index < -0.39 is 41.9 Å².